The lowest BCUT2D eigenvalue weighted by Crippen LogP contribution is -2.22. The molecular formula is C15H16FNO2. The van der Waals surface area contributed by atoms with Crippen LogP contribution in [0.4, 0.5) is 4.39 Å². The lowest BCUT2D eigenvalue weighted by Gasteiger charge is -2.01. The number of benzene rings is 1. The highest BCUT2D eigenvalue weighted by molar-refractivity contribution is 5.76. The van der Waals surface area contributed by atoms with Gasteiger partial charge in [-0.3, -0.25) is 4.79 Å². The quantitative estimate of drug-likeness (QED) is 0.898. The number of carbonyl (C=O) groups excluding carboxylic acids is 1. The van der Waals surface area contributed by atoms with E-state index in [2.05, 4.69) is 5.32 Å². The number of amides is 1. The first-order chi connectivity index (χ1) is 9.20. The molecule has 0 aliphatic carbocycles. The predicted molar refractivity (Wildman–Crippen MR) is 71.1 cm³/mol. The van der Waals surface area contributed by atoms with Crippen molar-refractivity contribution < 1.29 is 13.6 Å². The summed E-state index contributed by atoms with van der Waals surface area (Å²) in [5.74, 6) is 0.854. The number of furan rings is 1. The van der Waals surface area contributed by atoms with E-state index >= 15 is 0 Å². The fourth-order valence-electron chi connectivity index (χ4n) is 1.84. The van der Waals surface area contributed by atoms with Crippen molar-refractivity contribution >= 4 is 5.91 Å². The Labute approximate surface area is 111 Å². The van der Waals surface area contributed by atoms with Gasteiger partial charge in [0.05, 0.1) is 5.56 Å². The summed E-state index contributed by atoms with van der Waals surface area (Å²) in [6, 6.07) is 9.97. The average Bonchev–Trinajstić information content (AvgIpc) is 2.86. The molecule has 0 saturated carbocycles. The number of hydrogen-bond acceptors (Lipinski definition) is 2. The van der Waals surface area contributed by atoms with Gasteiger partial charge in [0.15, 0.2) is 0 Å². The van der Waals surface area contributed by atoms with Crippen LogP contribution in [-0.2, 0) is 11.2 Å². The molecule has 0 atom stereocenters. The smallest absolute Gasteiger partial charge is 0.220 e. The molecule has 0 radical (unpaired) electrons. The first-order valence-electron chi connectivity index (χ1n) is 6.31. The van der Waals surface area contributed by atoms with Gasteiger partial charge in [-0.1, -0.05) is 12.1 Å². The van der Waals surface area contributed by atoms with Gasteiger partial charge < -0.3 is 9.73 Å². The van der Waals surface area contributed by atoms with Gasteiger partial charge >= 0.3 is 0 Å². The third-order valence-electron chi connectivity index (χ3n) is 2.77. The molecule has 100 valence electrons. The zero-order valence-electron chi connectivity index (χ0n) is 10.8. The molecule has 1 aromatic heterocycles. The molecule has 0 bridgehead atoms. The summed E-state index contributed by atoms with van der Waals surface area (Å²) < 4.78 is 19.1. The molecule has 1 N–H and O–H groups in total. The van der Waals surface area contributed by atoms with Crippen LogP contribution in [0.2, 0.25) is 0 Å². The SMILES string of the molecule is CCNC(=O)CCc1ccc(-c2ccccc2F)o1. The molecule has 0 aliphatic rings. The number of halogens is 1. The number of rotatable bonds is 5. The van der Waals surface area contributed by atoms with E-state index in [-0.39, 0.29) is 11.7 Å². The Kier molecular flexibility index (Phi) is 4.34. The van der Waals surface area contributed by atoms with Crippen molar-refractivity contribution in [2.24, 2.45) is 0 Å². The van der Waals surface area contributed by atoms with Crippen LogP contribution in [0.1, 0.15) is 19.1 Å². The van der Waals surface area contributed by atoms with E-state index in [4.69, 9.17) is 4.42 Å². The number of hydrogen-bond donors (Lipinski definition) is 1. The maximum atomic E-state index is 13.6. The van der Waals surface area contributed by atoms with Crippen molar-refractivity contribution in [2.75, 3.05) is 6.54 Å². The summed E-state index contributed by atoms with van der Waals surface area (Å²) in [5.41, 5.74) is 0.437. The minimum Gasteiger partial charge on any atom is -0.461 e. The molecule has 0 saturated heterocycles. The molecule has 19 heavy (non-hydrogen) atoms. The molecule has 0 fully saturated rings. The van der Waals surface area contributed by atoms with E-state index in [1.807, 2.05) is 6.92 Å². The van der Waals surface area contributed by atoms with Gasteiger partial charge in [-0.15, -0.1) is 0 Å². The van der Waals surface area contributed by atoms with Gasteiger partial charge in [-0.25, -0.2) is 4.39 Å². The van der Waals surface area contributed by atoms with Crippen LogP contribution in [0.5, 0.6) is 0 Å². The Bertz CT molecular complexity index is 563. The largest absolute Gasteiger partial charge is 0.461 e. The third-order valence-corrected chi connectivity index (χ3v) is 2.77. The topological polar surface area (TPSA) is 42.2 Å². The second-order valence-electron chi connectivity index (χ2n) is 4.20. The minimum atomic E-state index is -0.313. The van der Waals surface area contributed by atoms with E-state index in [1.54, 1.807) is 30.3 Å². The van der Waals surface area contributed by atoms with Crippen LogP contribution in [0.15, 0.2) is 40.8 Å². The Balaban J connectivity index is 2.04. The Morgan fingerprint density at radius 2 is 2.05 bits per heavy atom. The van der Waals surface area contributed by atoms with Crippen LogP contribution >= 0.6 is 0 Å². The van der Waals surface area contributed by atoms with Crippen molar-refractivity contribution in [2.45, 2.75) is 19.8 Å². The molecule has 4 heteroatoms. The highest BCUT2D eigenvalue weighted by Crippen LogP contribution is 2.25. The number of aryl methyl sites for hydroxylation is 1. The van der Waals surface area contributed by atoms with Crippen molar-refractivity contribution in [1.29, 1.82) is 0 Å². The molecule has 1 amide bonds. The zero-order valence-corrected chi connectivity index (χ0v) is 10.8. The molecular weight excluding hydrogens is 245 g/mol. The van der Waals surface area contributed by atoms with Gasteiger partial charge in [0.25, 0.3) is 0 Å². The number of carbonyl (C=O) groups is 1. The summed E-state index contributed by atoms with van der Waals surface area (Å²) >= 11 is 0. The van der Waals surface area contributed by atoms with Crippen LogP contribution in [0.3, 0.4) is 0 Å². The molecule has 0 spiro atoms. The average molecular weight is 261 g/mol. The molecule has 0 unspecified atom stereocenters. The zero-order chi connectivity index (χ0) is 13.7. The van der Waals surface area contributed by atoms with Crippen LogP contribution in [-0.4, -0.2) is 12.5 Å². The van der Waals surface area contributed by atoms with E-state index in [0.29, 0.717) is 36.5 Å². The second-order valence-corrected chi connectivity index (χ2v) is 4.20. The minimum absolute atomic E-state index is 0.00802. The fraction of sp³-hybridized carbons (Fsp3) is 0.267. The summed E-state index contributed by atoms with van der Waals surface area (Å²) in [5, 5.41) is 2.72. The second kappa shape index (κ2) is 6.18. The van der Waals surface area contributed by atoms with Crippen molar-refractivity contribution in [3.8, 4) is 11.3 Å². The van der Waals surface area contributed by atoms with E-state index in [0.717, 1.165) is 0 Å². The fourth-order valence-corrected chi connectivity index (χ4v) is 1.84. The third kappa shape index (κ3) is 3.44. The van der Waals surface area contributed by atoms with Gasteiger partial charge in [-0.2, -0.15) is 0 Å². The van der Waals surface area contributed by atoms with Crippen molar-refractivity contribution in [3.05, 3.63) is 48.0 Å². The van der Waals surface area contributed by atoms with E-state index < -0.39 is 0 Å². The summed E-state index contributed by atoms with van der Waals surface area (Å²) in [7, 11) is 0. The highest BCUT2D eigenvalue weighted by Gasteiger charge is 2.10. The van der Waals surface area contributed by atoms with E-state index in [9.17, 15) is 9.18 Å². The van der Waals surface area contributed by atoms with Gasteiger partial charge in [0.2, 0.25) is 5.91 Å². The summed E-state index contributed by atoms with van der Waals surface area (Å²) in [6.07, 6.45) is 0.887. The van der Waals surface area contributed by atoms with E-state index in [1.165, 1.54) is 6.07 Å². The van der Waals surface area contributed by atoms with Gasteiger partial charge in [-0.05, 0) is 31.2 Å². The molecule has 3 nitrogen and oxygen atoms in total. The van der Waals surface area contributed by atoms with Crippen molar-refractivity contribution in [3.63, 3.8) is 0 Å². The maximum absolute atomic E-state index is 13.6. The number of nitrogens with one attached hydrogen (secondary N) is 1. The molecule has 1 heterocycles. The van der Waals surface area contributed by atoms with Gasteiger partial charge in [0, 0.05) is 19.4 Å². The monoisotopic (exact) mass is 261 g/mol. The Hall–Kier alpha value is -2.10. The molecule has 2 aromatic rings. The Morgan fingerprint density at radius 3 is 2.79 bits per heavy atom. The van der Waals surface area contributed by atoms with Crippen LogP contribution < -0.4 is 5.32 Å². The summed E-state index contributed by atoms with van der Waals surface area (Å²) in [4.78, 5) is 11.3. The predicted octanol–water partition coefficient (Wildman–Crippen LogP) is 3.15. The highest BCUT2D eigenvalue weighted by atomic mass is 19.1. The molecule has 0 aliphatic heterocycles. The maximum Gasteiger partial charge on any atom is 0.220 e. The van der Waals surface area contributed by atoms with Crippen LogP contribution in [0.25, 0.3) is 11.3 Å². The first kappa shape index (κ1) is 13.3. The standard InChI is InChI=1S/C15H16FNO2/c1-2-17-15(18)10-8-11-7-9-14(19-11)12-5-3-4-6-13(12)16/h3-7,9H,2,8,10H2,1H3,(H,17,18). The van der Waals surface area contributed by atoms with Crippen molar-refractivity contribution in [1.82, 2.24) is 5.32 Å². The normalized spacial score (nSPS) is 10.4. The molecule has 1 aromatic carbocycles. The van der Waals surface area contributed by atoms with Gasteiger partial charge in [0.1, 0.15) is 17.3 Å². The Morgan fingerprint density at radius 1 is 1.26 bits per heavy atom. The molecule has 2 rings (SSSR count). The summed E-state index contributed by atoms with van der Waals surface area (Å²) in [6.45, 7) is 2.50. The van der Waals surface area contributed by atoms with Crippen LogP contribution in [0, 0.1) is 5.82 Å². The first-order valence-corrected chi connectivity index (χ1v) is 6.31. The lowest BCUT2D eigenvalue weighted by atomic mass is 10.1. The lowest BCUT2D eigenvalue weighted by molar-refractivity contribution is -0.121.